The summed E-state index contributed by atoms with van der Waals surface area (Å²) in [7, 11) is -4.02. The maximum Gasteiger partial charge on any atom is 0.337 e. The zero-order chi connectivity index (χ0) is 22.6. The fraction of sp³-hybridized carbons (Fsp3) is 0.0476. The van der Waals surface area contributed by atoms with Crippen molar-refractivity contribution in [3.63, 3.8) is 0 Å². The van der Waals surface area contributed by atoms with Crippen LogP contribution in [0.25, 0.3) is 0 Å². The smallest absolute Gasteiger partial charge is 0.337 e. The highest BCUT2D eigenvalue weighted by Gasteiger charge is 2.18. The Bertz CT molecular complexity index is 1240. The Morgan fingerprint density at radius 2 is 1.61 bits per heavy atom. The van der Waals surface area contributed by atoms with E-state index in [0.29, 0.717) is 10.6 Å². The molecule has 3 aromatic rings. The average Bonchev–Trinajstić information content (AvgIpc) is 2.74. The highest BCUT2D eigenvalue weighted by atomic mass is 35.5. The Kier molecular flexibility index (Phi) is 6.47. The first-order valence-electron chi connectivity index (χ1n) is 8.88. The van der Waals surface area contributed by atoms with Crippen LogP contribution >= 0.6 is 11.6 Å². The molecule has 10 heteroatoms. The predicted octanol–water partition coefficient (Wildman–Crippen LogP) is 3.47. The first kappa shape index (κ1) is 22.1. The van der Waals surface area contributed by atoms with Crippen molar-refractivity contribution in [1.82, 2.24) is 5.32 Å². The molecular weight excluding hydrogens is 444 g/mol. The zero-order valence-corrected chi connectivity index (χ0v) is 17.4. The standard InChI is InChI=1S/C21H17ClN2O6S/c22-14-7-10-19(25)17(11-14)20(26)23-12-13-5-8-15(9-6-13)31(29,30)24-18-4-2-1-3-16(18)21(27)28/h1-11,24-25H,12H2,(H,23,26)(H,27,28). The van der Waals surface area contributed by atoms with Crippen molar-refractivity contribution in [3.8, 4) is 5.75 Å². The molecule has 0 aliphatic heterocycles. The number of para-hydroxylation sites is 1. The lowest BCUT2D eigenvalue weighted by Gasteiger charge is -2.11. The Labute approximate surface area is 183 Å². The third-order valence-electron chi connectivity index (χ3n) is 4.29. The molecule has 0 bridgehead atoms. The summed E-state index contributed by atoms with van der Waals surface area (Å²) in [5.41, 5.74) is 0.412. The number of carboxylic acid groups (broad SMARTS) is 1. The van der Waals surface area contributed by atoms with E-state index in [1.54, 1.807) is 0 Å². The Balaban J connectivity index is 1.70. The van der Waals surface area contributed by atoms with Crippen molar-refractivity contribution in [2.75, 3.05) is 4.72 Å². The molecular formula is C21H17ClN2O6S. The number of anilines is 1. The molecule has 0 unspecified atom stereocenters. The van der Waals surface area contributed by atoms with Crippen LogP contribution in [0.2, 0.25) is 5.02 Å². The molecule has 0 saturated carbocycles. The van der Waals surface area contributed by atoms with Crippen LogP contribution in [0, 0.1) is 0 Å². The molecule has 0 atom stereocenters. The van der Waals surface area contributed by atoms with Gasteiger partial charge in [-0.2, -0.15) is 0 Å². The number of aromatic carboxylic acids is 1. The van der Waals surface area contributed by atoms with Gasteiger partial charge < -0.3 is 15.5 Å². The highest BCUT2D eigenvalue weighted by Crippen LogP contribution is 2.22. The van der Waals surface area contributed by atoms with Crippen LogP contribution in [0.3, 0.4) is 0 Å². The number of aromatic hydroxyl groups is 1. The van der Waals surface area contributed by atoms with Crippen LogP contribution < -0.4 is 10.0 Å². The summed E-state index contributed by atoms with van der Waals surface area (Å²) in [6.07, 6.45) is 0. The van der Waals surface area contributed by atoms with E-state index in [1.165, 1.54) is 66.7 Å². The Morgan fingerprint density at radius 1 is 0.935 bits per heavy atom. The number of rotatable bonds is 7. The molecule has 0 aliphatic rings. The largest absolute Gasteiger partial charge is 0.507 e. The van der Waals surface area contributed by atoms with E-state index in [2.05, 4.69) is 10.0 Å². The molecule has 1 amide bonds. The van der Waals surface area contributed by atoms with Gasteiger partial charge in [-0.25, -0.2) is 13.2 Å². The maximum atomic E-state index is 12.6. The third-order valence-corrected chi connectivity index (χ3v) is 5.91. The van der Waals surface area contributed by atoms with Gasteiger partial charge in [0.15, 0.2) is 0 Å². The number of amides is 1. The molecule has 0 fully saturated rings. The summed E-state index contributed by atoms with van der Waals surface area (Å²) in [5, 5.41) is 21.9. The number of halogens is 1. The van der Waals surface area contributed by atoms with E-state index in [1.807, 2.05) is 0 Å². The minimum absolute atomic E-state index is 0.0213. The zero-order valence-electron chi connectivity index (χ0n) is 15.9. The number of sulfonamides is 1. The minimum atomic E-state index is -4.02. The number of carbonyl (C=O) groups is 2. The highest BCUT2D eigenvalue weighted by molar-refractivity contribution is 7.92. The van der Waals surface area contributed by atoms with Gasteiger partial charge in [0, 0.05) is 11.6 Å². The van der Waals surface area contributed by atoms with Crippen LogP contribution in [0.1, 0.15) is 26.3 Å². The number of hydrogen-bond donors (Lipinski definition) is 4. The summed E-state index contributed by atoms with van der Waals surface area (Å²) in [6, 6.07) is 15.5. The van der Waals surface area contributed by atoms with E-state index in [0.717, 1.165) is 0 Å². The van der Waals surface area contributed by atoms with Crippen molar-refractivity contribution >= 4 is 39.2 Å². The lowest BCUT2D eigenvalue weighted by molar-refractivity contribution is 0.0697. The fourth-order valence-corrected chi connectivity index (χ4v) is 3.97. The lowest BCUT2D eigenvalue weighted by Crippen LogP contribution is -2.23. The molecule has 8 nitrogen and oxygen atoms in total. The van der Waals surface area contributed by atoms with Crippen molar-refractivity contribution < 1.29 is 28.2 Å². The van der Waals surface area contributed by atoms with Gasteiger partial charge in [0.1, 0.15) is 5.75 Å². The quantitative estimate of drug-likeness (QED) is 0.426. The monoisotopic (exact) mass is 460 g/mol. The topological polar surface area (TPSA) is 133 Å². The van der Waals surface area contributed by atoms with Gasteiger partial charge in [-0.15, -0.1) is 0 Å². The van der Waals surface area contributed by atoms with Crippen LogP contribution in [0.15, 0.2) is 71.6 Å². The Morgan fingerprint density at radius 3 is 2.29 bits per heavy atom. The van der Waals surface area contributed by atoms with Crippen molar-refractivity contribution in [2.24, 2.45) is 0 Å². The van der Waals surface area contributed by atoms with E-state index in [4.69, 9.17) is 11.6 Å². The average molecular weight is 461 g/mol. The third kappa shape index (κ3) is 5.33. The molecule has 160 valence electrons. The minimum Gasteiger partial charge on any atom is -0.507 e. The second-order valence-corrected chi connectivity index (χ2v) is 8.56. The van der Waals surface area contributed by atoms with Gasteiger partial charge in [0.05, 0.1) is 21.7 Å². The maximum absolute atomic E-state index is 12.6. The van der Waals surface area contributed by atoms with E-state index < -0.39 is 21.9 Å². The number of phenolic OH excluding ortho intramolecular Hbond substituents is 1. The Hall–Kier alpha value is -3.56. The van der Waals surface area contributed by atoms with E-state index in [-0.39, 0.29) is 34.0 Å². The molecule has 3 rings (SSSR count). The van der Waals surface area contributed by atoms with Crippen molar-refractivity contribution in [1.29, 1.82) is 0 Å². The predicted molar refractivity (Wildman–Crippen MR) is 115 cm³/mol. The second kappa shape index (κ2) is 9.07. The van der Waals surface area contributed by atoms with E-state index >= 15 is 0 Å². The number of carbonyl (C=O) groups excluding carboxylic acids is 1. The summed E-state index contributed by atoms with van der Waals surface area (Å²) < 4.78 is 27.5. The molecule has 0 saturated heterocycles. The molecule has 0 aliphatic carbocycles. The number of benzene rings is 3. The molecule has 4 N–H and O–H groups in total. The first-order chi connectivity index (χ1) is 14.7. The van der Waals surface area contributed by atoms with Gasteiger partial charge >= 0.3 is 5.97 Å². The normalized spacial score (nSPS) is 11.0. The number of hydrogen-bond acceptors (Lipinski definition) is 5. The summed E-state index contributed by atoms with van der Waals surface area (Å²) in [6.45, 7) is 0.0837. The summed E-state index contributed by atoms with van der Waals surface area (Å²) in [4.78, 5) is 23.4. The molecule has 3 aromatic carbocycles. The summed E-state index contributed by atoms with van der Waals surface area (Å²) >= 11 is 5.84. The second-order valence-electron chi connectivity index (χ2n) is 6.44. The van der Waals surface area contributed by atoms with Crippen LogP contribution in [-0.2, 0) is 16.6 Å². The first-order valence-corrected chi connectivity index (χ1v) is 10.7. The molecule has 0 aromatic heterocycles. The van der Waals surface area contributed by atoms with Crippen LogP contribution in [0.4, 0.5) is 5.69 Å². The SMILES string of the molecule is O=C(NCc1ccc(S(=O)(=O)Nc2ccccc2C(=O)O)cc1)c1cc(Cl)ccc1O. The van der Waals surface area contributed by atoms with Gasteiger partial charge in [0.2, 0.25) is 0 Å². The fourth-order valence-electron chi connectivity index (χ4n) is 2.72. The van der Waals surface area contributed by atoms with Gasteiger partial charge in [0.25, 0.3) is 15.9 Å². The van der Waals surface area contributed by atoms with Gasteiger partial charge in [-0.3, -0.25) is 9.52 Å². The van der Waals surface area contributed by atoms with Crippen LogP contribution in [-0.4, -0.2) is 30.5 Å². The van der Waals surface area contributed by atoms with Gasteiger partial charge in [-0.1, -0.05) is 35.9 Å². The molecule has 0 spiro atoms. The number of nitrogens with one attached hydrogen (secondary N) is 2. The molecule has 0 radical (unpaired) electrons. The summed E-state index contributed by atoms with van der Waals surface area (Å²) in [5.74, 6) is -2.00. The van der Waals surface area contributed by atoms with E-state index in [9.17, 15) is 28.2 Å². The van der Waals surface area contributed by atoms with Gasteiger partial charge in [-0.05, 0) is 48.0 Å². The number of carboxylic acids is 1. The number of phenols is 1. The van der Waals surface area contributed by atoms with Crippen molar-refractivity contribution in [2.45, 2.75) is 11.4 Å². The molecule has 31 heavy (non-hydrogen) atoms. The molecule has 0 heterocycles. The van der Waals surface area contributed by atoms with Crippen LogP contribution in [0.5, 0.6) is 5.75 Å². The lowest BCUT2D eigenvalue weighted by atomic mass is 10.1. The van der Waals surface area contributed by atoms with Crippen molar-refractivity contribution in [3.05, 3.63) is 88.4 Å².